The number of nitrogens with zero attached hydrogens (tertiary/aromatic N) is 6. The standard InChI is InChI=1S/C20H23N7O/c1-15-22-8-11-27(15)19-12-18(24-14-25-19)26-9-4-17(5-10-26)20(28)23-13-16-2-6-21-7-3-16/h2-3,6-8,11-12,14,17H,4-5,9-10,13H2,1H3,(H,23,28). The maximum Gasteiger partial charge on any atom is 0.223 e. The van der Waals surface area contributed by atoms with Crippen LogP contribution in [0, 0.1) is 12.8 Å². The Hall–Kier alpha value is -3.29. The Morgan fingerprint density at radius 2 is 1.86 bits per heavy atom. The summed E-state index contributed by atoms with van der Waals surface area (Å²) in [7, 11) is 0. The number of amides is 1. The Morgan fingerprint density at radius 1 is 1.11 bits per heavy atom. The summed E-state index contributed by atoms with van der Waals surface area (Å²) in [4.78, 5) is 31.7. The number of imidazole rings is 1. The number of nitrogens with one attached hydrogen (secondary N) is 1. The lowest BCUT2D eigenvalue weighted by Gasteiger charge is -2.32. The van der Waals surface area contributed by atoms with Gasteiger partial charge in [-0.25, -0.2) is 15.0 Å². The largest absolute Gasteiger partial charge is 0.356 e. The van der Waals surface area contributed by atoms with Gasteiger partial charge in [-0.2, -0.15) is 0 Å². The van der Waals surface area contributed by atoms with Crippen molar-refractivity contribution in [3.8, 4) is 5.82 Å². The van der Waals surface area contributed by atoms with E-state index in [0.29, 0.717) is 6.54 Å². The molecule has 0 atom stereocenters. The van der Waals surface area contributed by atoms with Crippen molar-refractivity contribution in [2.45, 2.75) is 26.3 Å². The maximum absolute atomic E-state index is 12.5. The number of carbonyl (C=O) groups is 1. The van der Waals surface area contributed by atoms with E-state index < -0.39 is 0 Å². The van der Waals surface area contributed by atoms with E-state index >= 15 is 0 Å². The summed E-state index contributed by atoms with van der Waals surface area (Å²) in [5, 5.41) is 3.04. The van der Waals surface area contributed by atoms with Gasteiger partial charge in [0.2, 0.25) is 5.91 Å². The highest BCUT2D eigenvalue weighted by atomic mass is 16.1. The monoisotopic (exact) mass is 377 g/mol. The number of hydrogen-bond donors (Lipinski definition) is 1. The topological polar surface area (TPSA) is 88.8 Å². The normalized spacial score (nSPS) is 14.8. The van der Waals surface area contributed by atoms with Crippen LogP contribution in [0.4, 0.5) is 5.82 Å². The van der Waals surface area contributed by atoms with Crippen LogP contribution >= 0.6 is 0 Å². The van der Waals surface area contributed by atoms with Crippen LogP contribution in [-0.2, 0) is 11.3 Å². The molecule has 3 aromatic heterocycles. The molecule has 8 nitrogen and oxygen atoms in total. The first-order valence-corrected chi connectivity index (χ1v) is 9.44. The summed E-state index contributed by atoms with van der Waals surface area (Å²) in [6.07, 6.45) is 10.3. The molecular formula is C20H23N7O. The smallest absolute Gasteiger partial charge is 0.223 e. The van der Waals surface area contributed by atoms with Gasteiger partial charge in [0.25, 0.3) is 0 Å². The van der Waals surface area contributed by atoms with E-state index in [1.54, 1.807) is 24.9 Å². The molecule has 0 saturated carbocycles. The molecule has 0 radical (unpaired) electrons. The molecule has 1 saturated heterocycles. The van der Waals surface area contributed by atoms with Gasteiger partial charge in [0.1, 0.15) is 23.8 Å². The van der Waals surface area contributed by atoms with Crippen molar-refractivity contribution in [2.75, 3.05) is 18.0 Å². The van der Waals surface area contributed by atoms with Crippen LogP contribution in [0.3, 0.4) is 0 Å². The minimum absolute atomic E-state index is 0.0373. The number of anilines is 1. The molecule has 28 heavy (non-hydrogen) atoms. The van der Waals surface area contributed by atoms with Crippen molar-refractivity contribution in [1.82, 2.24) is 29.8 Å². The average Bonchev–Trinajstić information content (AvgIpc) is 3.19. The Morgan fingerprint density at radius 3 is 2.57 bits per heavy atom. The van der Waals surface area contributed by atoms with Gasteiger partial charge in [0.15, 0.2) is 0 Å². The van der Waals surface area contributed by atoms with E-state index in [0.717, 1.165) is 49.0 Å². The van der Waals surface area contributed by atoms with Crippen molar-refractivity contribution in [3.05, 3.63) is 60.7 Å². The molecule has 4 rings (SSSR count). The Bertz CT molecular complexity index is 932. The Kier molecular flexibility index (Phi) is 5.27. The highest BCUT2D eigenvalue weighted by molar-refractivity contribution is 5.79. The van der Waals surface area contributed by atoms with Crippen molar-refractivity contribution >= 4 is 11.7 Å². The van der Waals surface area contributed by atoms with Crippen molar-refractivity contribution in [3.63, 3.8) is 0 Å². The minimum Gasteiger partial charge on any atom is -0.356 e. The molecule has 144 valence electrons. The molecule has 0 aromatic carbocycles. The first-order valence-electron chi connectivity index (χ1n) is 9.44. The molecule has 1 aliphatic heterocycles. The second-order valence-corrected chi connectivity index (χ2v) is 6.91. The van der Waals surface area contributed by atoms with E-state index in [1.807, 2.05) is 35.9 Å². The fourth-order valence-corrected chi connectivity index (χ4v) is 3.47. The highest BCUT2D eigenvalue weighted by Crippen LogP contribution is 2.23. The second-order valence-electron chi connectivity index (χ2n) is 6.91. The van der Waals surface area contributed by atoms with Crippen molar-refractivity contribution in [2.24, 2.45) is 5.92 Å². The fraction of sp³-hybridized carbons (Fsp3) is 0.350. The molecule has 8 heteroatoms. The molecule has 0 unspecified atom stereocenters. The Balaban J connectivity index is 1.34. The first kappa shape index (κ1) is 18.1. The quantitative estimate of drug-likeness (QED) is 0.731. The van der Waals surface area contributed by atoms with Gasteiger partial charge in [-0.15, -0.1) is 0 Å². The van der Waals surface area contributed by atoms with Gasteiger partial charge < -0.3 is 10.2 Å². The second kappa shape index (κ2) is 8.16. The lowest BCUT2D eigenvalue weighted by atomic mass is 9.96. The summed E-state index contributed by atoms with van der Waals surface area (Å²) in [5.41, 5.74) is 1.06. The molecule has 0 spiro atoms. The van der Waals surface area contributed by atoms with E-state index in [2.05, 4.69) is 30.2 Å². The lowest BCUT2D eigenvalue weighted by molar-refractivity contribution is -0.125. The molecular weight excluding hydrogens is 354 g/mol. The zero-order valence-electron chi connectivity index (χ0n) is 15.8. The van der Waals surface area contributed by atoms with Gasteiger partial charge in [-0.05, 0) is 37.5 Å². The number of aryl methyl sites for hydroxylation is 1. The summed E-state index contributed by atoms with van der Waals surface area (Å²) >= 11 is 0. The lowest BCUT2D eigenvalue weighted by Crippen LogP contribution is -2.40. The van der Waals surface area contributed by atoms with E-state index in [9.17, 15) is 4.79 Å². The zero-order chi connectivity index (χ0) is 19.3. The molecule has 3 aromatic rings. The number of rotatable bonds is 5. The van der Waals surface area contributed by atoms with E-state index in [-0.39, 0.29) is 11.8 Å². The summed E-state index contributed by atoms with van der Waals surface area (Å²) in [6.45, 7) is 4.08. The van der Waals surface area contributed by atoms with Gasteiger partial charge in [-0.3, -0.25) is 14.3 Å². The fourth-order valence-electron chi connectivity index (χ4n) is 3.47. The zero-order valence-corrected chi connectivity index (χ0v) is 15.8. The van der Waals surface area contributed by atoms with Crippen LogP contribution in [0.2, 0.25) is 0 Å². The van der Waals surface area contributed by atoms with E-state index in [4.69, 9.17) is 0 Å². The number of pyridine rings is 1. The number of aromatic nitrogens is 5. The number of hydrogen-bond acceptors (Lipinski definition) is 6. The van der Waals surface area contributed by atoms with Crippen LogP contribution in [0.5, 0.6) is 0 Å². The predicted molar refractivity (Wildman–Crippen MR) is 105 cm³/mol. The van der Waals surface area contributed by atoms with Gasteiger partial charge in [-0.1, -0.05) is 0 Å². The summed E-state index contributed by atoms with van der Waals surface area (Å²) < 4.78 is 1.93. The third-order valence-electron chi connectivity index (χ3n) is 5.12. The Labute approximate surface area is 163 Å². The minimum atomic E-state index is 0.0373. The SMILES string of the molecule is Cc1nccn1-c1cc(N2CCC(C(=O)NCc3ccncc3)CC2)ncn1. The summed E-state index contributed by atoms with van der Waals surface area (Å²) in [6, 6.07) is 5.80. The van der Waals surface area contributed by atoms with Crippen LogP contribution in [-0.4, -0.2) is 43.5 Å². The van der Waals surface area contributed by atoms with Crippen LogP contribution in [0.1, 0.15) is 24.2 Å². The first-order chi connectivity index (χ1) is 13.7. The van der Waals surface area contributed by atoms with Gasteiger partial charge in [0.05, 0.1) is 0 Å². The third-order valence-corrected chi connectivity index (χ3v) is 5.12. The summed E-state index contributed by atoms with van der Waals surface area (Å²) in [5.74, 6) is 2.73. The average molecular weight is 377 g/mol. The van der Waals surface area contributed by atoms with Gasteiger partial charge >= 0.3 is 0 Å². The molecule has 4 heterocycles. The third kappa shape index (κ3) is 4.00. The van der Waals surface area contributed by atoms with Crippen molar-refractivity contribution < 1.29 is 4.79 Å². The van der Waals surface area contributed by atoms with Gasteiger partial charge in [0, 0.05) is 56.4 Å². The number of carbonyl (C=O) groups excluding carboxylic acids is 1. The molecule has 1 N–H and O–H groups in total. The highest BCUT2D eigenvalue weighted by Gasteiger charge is 2.25. The molecule has 0 bridgehead atoms. The van der Waals surface area contributed by atoms with E-state index in [1.165, 1.54) is 0 Å². The number of piperidine rings is 1. The molecule has 1 fully saturated rings. The van der Waals surface area contributed by atoms with Crippen LogP contribution in [0.25, 0.3) is 5.82 Å². The van der Waals surface area contributed by atoms with Crippen LogP contribution in [0.15, 0.2) is 49.3 Å². The van der Waals surface area contributed by atoms with Crippen molar-refractivity contribution in [1.29, 1.82) is 0 Å². The molecule has 1 aliphatic rings. The maximum atomic E-state index is 12.5. The van der Waals surface area contributed by atoms with Crippen LogP contribution < -0.4 is 10.2 Å². The molecule has 1 amide bonds. The molecule has 0 aliphatic carbocycles. The predicted octanol–water partition coefficient (Wildman–Crippen LogP) is 1.90.